The summed E-state index contributed by atoms with van der Waals surface area (Å²) in [5, 5.41) is 7.94. The first-order chi connectivity index (χ1) is 14.0. The highest BCUT2D eigenvalue weighted by molar-refractivity contribution is 6.07. The smallest absolute Gasteiger partial charge is 0.257 e. The Morgan fingerprint density at radius 2 is 1.97 bits per heavy atom. The number of benzene rings is 1. The van der Waals surface area contributed by atoms with E-state index in [0.717, 1.165) is 10.9 Å². The summed E-state index contributed by atoms with van der Waals surface area (Å²) >= 11 is 0. The van der Waals surface area contributed by atoms with Crippen molar-refractivity contribution in [1.29, 1.82) is 0 Å². The van der Waals surface area contributed by atoms with Crippen molar-refractivity contribution in [3.63, 3.8) is 0 Å². The van der Waals surface area contributed by atoms with Crippen LogP contribution >= 0.6 is 0 Å². The summed E-state index contributed by atoms with van der Waals surface area (Å²) in [5.41, 5.74) is 1.97. The third-order valence-electron chi connectivity index (χ3n) is 5.33. The van der Waals surface area contributed by atoms with Gasteiger partial charge in [0.2, 0.25) is 0 Å². The van der Waals surface area contributed by atoms with Crippen LogP contribution in [-0.2, 0) is 7.05 Å². The molecule has 0 spiro atoms. The monoisotopic (exact) mass is 392 g/mol. The Morgan fingerprint density at radius 3 is 2.66 bits per heavy atom. The minimum atomic E-state index is -0.0859. The van der Waals surface area contributed by atoms with Crippen LogP contribution in [0.25, 0.3) is 10.9 Å². The van der Waals surface area contributed by atoms with Gasteiger partial charge in [-0.1, -0.05) is 18.2 Å². The van der Waals surface area contributed by atoms with Crippen molar-refractivity contribution < 1.29 is 9.59 Å². The van der Waals surface area contributed by atoms with Crippen molar-refractivity contribution in [2.45, 2.75) is 13.0 Å². The molecule has 3 heterocycles. The van der Waals surface area contributed by atoms with Crippen molar-refractivity contribution in [3.8, 4) is 0 Å². The summed E-state index contributed by atoms with van der Waals surface area (Å²) in [6, 6.07) is 9.35. The highest BCUT2D eigenvalue weighted by Crippen LogP contribution is 2.24. The topological polar surface area (TPSA) is 83.4 Å². The van der Waals surface area contributed by atoms with Gasteiger partial charge in [0, 0.05) is 51.4 Å². The van der Waals surface area contributed by atoms with Crippen molar-refractivity contribution in [1.82, 2.24) is 24.6 Å². The Bertz CT molecular complexity index is 1080. The summed E-state index contributed by atoms with van der Waals surface area (Å²) in [6.07, 6.45) is 3.30. The van der Waals surface area contributed by atoms with Crippen molar-refractivity contribution >= 4 is 28.5 Å². The quantitative estimate of drug-likeness (QED) is 0.737. The average Bonchev–Trinajstić information content (AvgIpc) is 3.18. The number of nitrogens with zero attached hydrogens (tertiary/aromatic N) is 5. The van der Waals surface area contributed by atoms with E-state index in [4.69, 9.17) is 0 Å². The fourth-order valence-electron chi connectivity index (χ4n) is 3.79. The van der Waals surface area contributed by atoms with Crippen LogP contribution in [0.2, 0.25) is 0 Å². The van der Waals surface area contributed by atoms with E-state index in [1.165, 1.54) is 0 Å². The van der Waals surface area contributed by atoms with Gasteiger partial charge in [0.05, 0.1) is 22.8 Å². The van der Waals surface area contributed by atoms with Gasteiger partial charge >= 0.3 is 0 Å². The van der Waals surface area contributed by atoms with Gasteiger partial charge in [-0.3, -0.25) is 14.3 Å². The van der Waals surface area contributed by atoms with Crippen LogP contribution in [0.5, 0.6) is 0 Å². The predicted molar refractivity (Wildman–Crippen MR) is 111 cm³/mol. The molecule has 1 fully saturated rings. The fraction of sp³-hybridized carbons (Fsp3) is 0.333. The molecule has 8 nitrogen and oxygen atoms in total. The number of anilines is 1. The van der Waals surface area contributed by atoms with Gasteiger partial charge in [-0.25, -0.2) is 4.98 Å². The van der Waals surface area contributed by atoms with Gasteiger partial charge in [-0.05, 0) is 19.1 Å². The molecule has 1 N–H and O–H groups in total. The number of carbonyl (C=O) groups excluding carboxylic acids is 2. The van der Waals surface area contributed by atoms with Crippen LogP contribution in [0, 0.1) is 0 Å². The number of pyridine rings is 1. The fourth-order valence-corrected chi connectivity index (χ4v) is 3.79. The van der Waals surface area contributed by atoms with Gasteiger partial charge in [-0.15, -0.1) is 0 Å². The van der Waals surface area contributed by atoms with E-state index in [2.05, 4.69) is 15.4 Å². The summed E-state index contributed by atoms with van der Waals surface area (Å²) in [4.78, 5) is 34.3. The molecule has 150 valence electrons. The van der Waals surface area contributed by atoms with Crippen molar-refractivity contribution in [3.05, 3.63) is 53.9 Å². The first-order valence-corrected chi connectivity index (χ1v) is 9.64. The summed E-state index contributed by atoms with van der Waals surface area (Å²) in [5.74, 6) is 0.565. The molecular formula is C21H24N6O2. The predicted octanol–water partition coefficient (Wildman–Crippen LogP) is 2.00. The SMILES string of the molecule is CNc1cc(C(=O)N2CCN(C(=O)c3cnn(C)c3)[C@@H](C)C2)c2ccccc2n1. The van der Waals surface area contributed by atoms with Crippen molar-refractivity contribution in [2.75, 3.05) is 32.0 Å². The van der Waals surface area contributed by atoms with E-state index in [0.29, 0.717) is 36.6 Å². The second-order valence-corrected chi connectivity index (χ2v) is 7.32. The average molecular weight is 392 g/mol. The number of piperazine rings is 1. The first-order valence-electron chi connectivity index (χ1n) is 9.64. The number of carbonyl (C=O) groups is 2. The maximum atomic E-state index is 13.3. The van der Waals surface area contributed by atoms with Crippen LogP contribution in [0.3, 0.4) is 0 Å². The molecule has 29 heavy (non-hydrogen) atoms. The lowest BCUT2D eigenvalue weighted by Gasteiger charge is -2.39. The molecule has 2 aromatic heterocycles. The maximum absolute atomic E-state index is 13.3. The van der Waals surface area contributed by atoms with Crippen LogP contribution in [0.4, 0.5) is 5.82 Å². The number of fused-ring (bicyclic) bond motifs is 1. The number of aromatic nitrogens is 3. The Labute approximate surface area is 169 Å². The van der Waals surface area contributed by atoms with E-state index < -0.39 is 0 Å². The minimum Gasteiger partial charge on any atom is -0.373 e. The van der Waals surface area contributed by atoms with Crippen LogP contribution in [0.15, 0.2) is 42.7 Å². The second kappa shape index (κ2) is 7.54. The molecule has 1 saturated heterocycles. The largest absolute Gasteiger partial charge is 0.373 e. The number of rotatable bonds is 3. The van der Waals surface area contributed by atoms with Gasteiger partial charge in [0.1, 0.15) is 5.82 Å². The molecule has 2 amide bonds. The highest BCUT2D eigenvalue weighted by atomic mass is 16.2. The molecule has 1 aliphatic heterocycles. The lowest BCUT2D eigenvalue weighted by Crippen LogP contribution is -2.55. The molecule has 1 atom stereocenters. The van der Waals surface area contributed by atoms with Crippen molar-refractivity contribution in [2.24, 2.45) is 7.05 Å². The van der Waals surface area contributed by atoms with Crippen LogP contribution in [-0.4, -0.2) is 69.1 Å². The van der Waals surface area contributed by atoms with Crippen LogP contribution < -0.4 is 5.32 Å². The second-order valence-electron chi connectivity index (χ2n) is 7.32. The lowest BCUT2D eigenvalue weighted by molar-refractivity contribution is 0.0415. The van der Waals surface area contributed by atoms with E-state index in [9.17, 15) is 9.59 Å². The normalized spacial score (nSPS) is 16.9. The Kier molecular flexibility index (Phi) is 4.92. The molecule has 3 aromatic rings. The summed E-state index contributed by atoms with van der Waals surface area (Å²) < 4.78 is 1.62. The highest BCUT2D eigenvalue weighted by Gasteiger charge is 2.31. The lowest BCUT2D eigenvalue weighted by atomic mass is 10.1. The third-order valence-corrected chi connectivity index (χ3v) is 5.33. The van der Waals surface area contributed by atoms with E-state index >= 15 is 0 Å². The van der Waals surface area contributed by atoms with E-state index in [1.807, 2.05) is 41.0 Å². The molecule has 8 heteroatoms. The van der Waals surface area contributed by atoms with Gasteiger partial charge < -0.3 is 15.1 Å². The minimum absolute atomic E-state index is 0.0413. The Balaban J connectivity index is 1.56. The van der Waals surface area contributed by atoms with Gasteiger partial charge in [0.25, 0.3) is 11.8 Å². The molecule has 1 aliphatic rings. The zero-order valence-corrected chi connectivity index (χ0v) is 16.8. The summed E-state index contributed by atoms with van der Waals surface area (Å²) in [6.45, 7) is 3.43. The number of para-hydroxylation sites is 1. The Morgan fingerprint density at radius 1 is 1.17 bits per heavy atom. The summed E-state index contributed by atoms with van der Waals surface area (Å²) in [7, 11) is 3.57. The molecule has 0 bridgehead atoms. The molecule has 0 unspecified atom stereocenters. The number of hydrogen-bond donors (Lipinski definition) is 1. The Hall–Kier alpha value is -3.42. The zero-order valence-electron chi connectivity index (χ0n) is 16.8. The number of amides is 2. The molecular weight excluding hydrogens is 368 g/mol. The standard InChI is InChI=1S/C21H24N6O2/c1-14-12-26(8-9-27(14)20(28)15-11-23-25(3)13-15)21(29)17-10-19(22-2)24-18-7-5-4-6-16(17)18/h4-7,10-11,13-14H,8-9,12H2,1-3H3,(H,22,24)/t14-/m0/s1. The van der Waals surface area contributed by atoms with Gasteiger partial charge in [-0.2, -0.15) is 5.10 Å². The zero-order chi connectivity index (χ0) is 20.5. The molecule has 1 aromatic carbocycles. The first kappa shape index (κ1) is 18.9. The molecule has 0 saturated carbocycles. The number of hydrogen-bond acceptors (Lipinski definition) is 5. The van der Waals surface area contributed by atoms with Gasteiger partial charge in [0.15, 0.2) is 0 Å². The molecule has 0 radical (unpaired) electrons. The maximum Gasteiger partial charge on any atom is 0.257 e. The number of nitrogens with one attached hydrogen (secondary N) is 1. The number of aryl methyl sites for hydroxylation is 1. The van der Waals surface area contributed by atoms with E-state index in [-0.39, 0.29) is 17.9 Å². The molecule has 4 rings (SSSR count). The third kappa shape index (κ3) is 3.53. The van der Waals surface area contributed by atoms with E-state index in [1.54, 1.807) is 37.2 Å². The van der Waals surface area contributed by atoms with Crippen LogP contribution in [0.1, 0.15) is 27.6 Å². The molecule has 0 aliphatic carbocycles.